The Morgan fingerprint density at radius 2 is 2.00 bits per heavy atom. The number of carbonyl (C=O) groups excluding carboxylic acids is 2. The number of hydrogen-bond donors (Lipinski definition) is 0. The van der Waals surface area contributed by atoms with Crippen molar-refractivity contribution in [3.05, 3.63) is 78.1 Å². The number of benzene rings is 1. The number of halogens is 1. The summed E-state index contributed by atoms with van der Waals surface area (Å²) in [7, 11) is 0. The molecule has 0 saturated carbocycles. The van der Waals surface area contributed by atoms with Crippen LogP contribution in [0.1, 0.15) is 5.56 Å². The van der Waals surface area contributed by atoms with Gasteiger partial charge in [0.2, 0.25) is 5.91 Å². The molecule has 1 aliphatic rings. The van der Waals surface area contributed by atoms with Crippen molar-refractivity contribution in [2.24, 2.45) is 0 Å². The Bertz CT molecular complexity index is 1010. The maximum atomic E-state index is 13.3. The van der Waals surface area contributed by atoms with Crippen molar-refractivity contribution in [1.82, 2.24) is 14.3 Å². The summed E-state index contributed by atoms with van der Waals surface area (Å²) in [4.78, 5) is 33.5. The van der Waals surface area contributed by atoms with Crippen LogP contribution in [-0.2, 0) is 16.0 Å². The average Bonchev–Trinajstić information content (AvgIpc) is 3.14. The standard InChI is InChI=1S/C21H19ClN4O2/c1-2-20(27)25-11-12-26(19-14-24-10-4-3-5-18(24)23-19)21(28)17(25)13-15-6-8-16(22)9-7-15/h2-10,14,17H,1,11-13H2/t17-/m0/s1. The number of anilines is 1. The van der Waals surface area contributed by atoms with Crippen LogP contribution in [-0.4, -0.2) is 45.2 Å². The van der Waals surface area contributed by atoms with E-state index in [4.69, 9.17) is 11.6 Å². The molecule has 0 spiro atoms. The Kier molecular flexibility index (Phi) is 4.88. The van der Waals surface area contributed by atoms with Gasteiger partial charge in [-0.1, -0.05) is 36.4 Å². The van der Waals surface area contributed by atoms with Gasteiger partial charge < -0.3 is 9.30 Å². The van der Waals surface area contributed by atoms with E-state index in [1.54, 1.807) is 21.9 Å². The van der Waals surface area contributed by atoms with Crippen LogP contribution in [0, 0.1) is 0 Å². The molecule has 2 amide bonds. The van der Waals surface area contributed by atoms with Crippen molar-refractivity contribution in [3.63, 3.8) is 0 Å². The van der Waals surface area contributed by atoms with Gasteiger partial charge in [-0.05, 0) is 35.9 Å². The third-order valence-electron chi connectivity index (χ3n) is 4.92. The summed E-state index contributed by atoms with van der Waals surface area (Å²) < 4.78 is 1.87. The van der Waals surface area contributed by atoms with E-state index >= 15 is 0 Å². The van der Waals surface area contributed by atoms with E-state index in [1.165, 1.54) is 6.08 Å². The lowest BCUT2D eigenvalue weighted by Crippen LogP contribution is -2.59. The molecule has 0 aliphatic carbocycles. The number of nitrogens with zero attached hydrogens (tertiary/aromatic N) is 4. The van der Waals surface area contributed by atoms with E-state index in [0.29, 0.717) is 30.4 Å². The first-order valence-corrected chi connectivity index (χ1v) is 9.37. The molecular formula is C21H19ClN4O2. The van der Waals surface area contributed by atoms with E-state index < -0.39 is 6.04 Å². The monoisotopic (exact) mass is 394 g/mol. The van der Waals surface area contributed by atoms with Gasteiger partial charge in [0.25, 0.3) is 5.91 Å². The van der Waals surface area contributed by atoms with Crippen molar-refractivity contribution >= 4 is 34.9 Å². The quantitative estimate of drug-likeness (QED) is 0.639. The second-order valence-electron chi connectivity index (χ2n) is 6.64. The van der Waals surface area contributed by atoms with Crippen LogP contribution >= 0.6 is 11.6 Å². The maximum absolute atomic E-state index is 13.3. The highest BCUT2D eigenvalue weighted by Crippen LogP contribution is 2.23. The molecule has 28 heavy (non-hydrogen) atoms. The predicted molar refractivity (Wildman–Crippen MR) is 108 cm³/mol. The third kappa shape index (κ3) is 3.39. The predicted octanol–water partition coefficient (Wildman–Crippen LogP) is 2.96. The van der Waals surface area contributed by atoms with Crippen LogP contribution in [0.3, 0.4) is 0 Å². The number of hydrogen-bond acceptors (Lipinski definition) is 3. The van der Waals surface area contributed by atoms with Gasteiger partial charge in [0, 0.05) is 30.7 Å². The van der Waals surface area contributed by atoms with E-state index in [-0.39, 0.29) is 11.8 Å². The van der Waals surface area contributed by atoms with Gasteiger partial charge in [0.1, 0.15) is 11.7 Å². The Morgan fingerprint density at radius 1 is 1.21 bits per heavy atom. The molecule has 0 N–H and O–H groups in total. The lowest BCUT2D eigenvalue weighted by Gasteiger charge is -2.39. The average molecular weight is 395 g/mol. The van der Waals surface area contributed by atoms with Crippen LogP contribution in [0.4, 0.5) is 5.82 Å². The third-order valence-corrected chi connectivity index (χ3v) is 5.17. The molecule has 6 nitrogen and oxygen atoms in total. The first-order chi connectivity index (χ1) is 13.6. The smallest absolute Gasteiger partial charge is 0.251 e. The number of amides is 2. The Morgan fingerprint density at radius 3 is 2.71 bits per heavy atom. The Hall–Kier alpha value is -3.12. The molecule has 3 heterocycles. The number of imidazole rings is 1. The zero-order valence-electron chi connectivity index (χ0n) is 15.2. The minimum Gasteiger partial charge on any atom is -0.325 e. The molecule has 1 saturated heterocycles. The summed E-state index contributed by atoms with van der Waals surface area (Å²) in [6.45, 7) is 4.38. The largest absolute Gasteiger partial charge is 0.325 e. The molecule has 3 aromatic rings. The number of fused-ring (bicyclic) bond motifs is 1. The van der Waals surface area contributed by atoms with E-state index in [1.807, 2.05) is 47.1 Å². The van der Waals surface area contributed by atoms with Gasteiger partial charge >= 0.3 is 0 Å². The van der Waals surface area contributed by atoms with Crippen LogP contribution in [0.5, 0.6) is 0 Å². The number of pyridine rings is 1. The van der Waals surface area contributed by atoms with Crippen molar-refractivity contribution < 1.29 is 9.59 Å². The second-order valence-corrected chi connectivity index (χ2v) is 7.07. The SMILES string of the molecule is C=CC(=O)N1CCN(c2cn3ccccc3n2)C(=O)[C@@H]1Cc1ccc(Cl)cc1. The molecular weight excluding hydrogens is 376 g/mol. The molecule has 0 radical (unpaired) electrons. The lowest BCUT2D eigenvalue weighted by molar-refractivity contribution is -0.138. The Labute approximate surface area is 167 Å². The van der Waals surface area contributed by atoms with Crippen molar-refractivity contribution in [2.75, 3.05) is 18.0 Å². The van der Waals surface area contributed by atoms with Crippen molar-refractivity contribution in [2.45, 2.75) is 12.5 Å². The fourth-order valence-corrected chi connectivity index (χ4v) is 3.61. The first kappa shape index (κ1) is 18.3. The number of carbonyl (C=O) groups is 2. The molecule has 4 rings (SSSR count). The summed E-state index contributed by atoms with van der Waals surface area (Å²) in [5.41, 5.74) is 1.70. The first-order valence-electron chi connectivity index (χ1n) is 8.99. The molecule has 142 valence electrons. The summed E-state index contributed by atoms with van der Waals surface area (Å²) in [5, 5.41) is 0.629. The molecule has 7 heteroatoms. The van der Waals surface area contributed by atoms with Gasteiger partial charge in [0.05, 0.1) is 6.20 Å². The van der Waals surface area contributed by atoms with Crippen LogP contribution in [0.15, 0.2) is 67.5 Å². The number of piperazine rings is 1. The summed E-state index contributed by atoms with van der Waals surface area (Å²) in [6, 6.07) is 12.4. The molecule has 0 unspecified atom stereocenters. The van der Waals surface area contributed by atoms with Gasteiger partial charge in [-0.3, -0.25) is 14.5 Å². The second kappa shape index (κ2) is 7.48. The van der Waals surface area contributed by atoms with Crippen molar-refractivity contribution in [3.8, 4) is 0 Å². The highest BCUT2D eigenvalue weighted by molar-refractivity contribution is 6.30. The number of rotatable bonds is 4. The lowest BCUT2D eigenvalue weighted by atomic mass is 10.0. The summed E-state index contributed by atoms with van der Waals surface area (Å²) in [5.74, 6) is 0.185. The van der Waals surface area contributed by atoms with Crippen LogP contribution < -0.4 is 4.90 Å². The molecule has 0 bridgehead atoms. The summed E-state index contributed by atoms with van der Waals surface area (Å²) in [6.07, 6.45) is 5.37. The minimum atomic E-state index is -0.620. The number of aromatic nitrogens is 2. The van der Waals surface area contributed by atoms with Crippen molar-refractivity contribution in [1.29, 1.82) is 0 Å². The fraction of sp³-hybridized carbons (Fsp3) is 0.190. The van der Waals surface area contributed by atoms with Gasteiger partial charge in [0.15, 0.2) is 5.82 Å². The van der Waals surface area contributed by atoms with Gasteiger partial charge in [-0.25, -0.2) is 4.98 Å². The normalized spacial score (nSPS) is 17.2. The minimum absolute atomic E-state index is 0.153. The molecule has 2 aromatic heterocycles. The Balaban J connectivity index is 1.66. The van der Waals surface area contributed by atoms with Crippen LogP contribution in [0.2, 0.25) is 5.02 Å². The fourth-order valence-electron chi connectivity index (χ4n) is 3.49. The molecule has 1 aromatic carbocycles. The van der Waals surface area contributed by atoms with E-state index in [2.05, 4.69) is 11.6 Å². The molecule has 1 atom stereocenters. The highest BCUT2D eigenvalue weighted by Gasteiger charge is 2.38. The summed E-state index contributed by atoms with van der Waals surface area (Å²) >= 11 is 5.96. The zero-order valence-corrected chi connectivity index (χ0v) is 15.9. The highest BCUT2D eigenvalue weighted by atomic mass is 35.5. The topological polar surface area (TPSA) is 57.9 Å². The molecule has 1 fully saturated rings. The van der Waals surface area contributed by atoms with E-state index in [9.17, 15) is 9.59 Å². The van der Waals surface area contributed by atoms with Gasteiger partial charge in [-0.2, -0.15) is 0 Å². The van der Waals surface area contributed by atoms with Gasteiger partial charge in [-0.15, -0.1) is 0 Å². The molecule has 1 aliphatic heterocycles. The van der Waals surface area contributed by atoms with Crippen LogP contribution in [0.25, 0.3) is 5.65 Å². The van der Waals surface area contributed by atoms with E-state index in [0.717, 1.165) is 11.2 Å². The zero-order chi connectivity index (χ0) is 19.7. The maximum Gasteiger partial charge on any atom is 0.251 e.